The lowest BCUT2D eigenvalue weighted by Gasteiger charge is -2.24. The fraction of sp³-hybridized carbons (Fsp3) is 0.238. The molecule has 1 aliphatic carbocycles. The van der Waals surface area contributed by atoms with Gasteiger partial charge in [0.15, 0.2) is 0 Å². The lowest BCUT2D eigenvalue weighted by molar-refractivity contribution is -0.146. The number of carboxylic acid groups (broad SMARTS) is 1. The Kier molecular flexibility index (Phi) is 6.29. The van der Waals surface area contributed by atoms with Crippen LogP contribution in [0.4, 0.5) is 10.1 Å². The Morgan fingerprint density at radius 3 is 2.37 bits per heavy atom. The average Bonchev–Trinajstić information content (AvgIpc) is 2.68. The maximum Gasteiger partial charge on any atom is 0.307 e. The van der Waals surface area contributed by atoms with Gasteiger partial charge in [-0.1, -0.05) is 30.4 Å². The van der Waals surface area contributed by atoms with Crippen molar-refractivity contribution in [2.75, 3.05) is 5.32 Å². The molecule has 0 fully saturated rings. The molecule has 27 heavy (non-hydrogen) atoms. The Labute approximate surface area is 161 Å². The zero-order valence-corrected chi connectivity index (χ0v) is 15.4. The minimum Gasteiger partial charge on any atom is -0.481 e. The van der Waals surface area contributed by atoms with Gasteiger partial charge in [-0.15, -0.1) is 11.8 Å². The molecule has 0 heterocycles. The number of rotatable bonds is 6. The van der Waals surface area contributed by atoms with Gasteiger partial charge in [0, 0.05) is 16.3 Å². The largest absolute Gasteiger partial charge is 0.481 e. The van der Waals surface area contributed by atoms with Crippen molar-refractivity contribution in [1.29, 1.82) is 0 Å². The number of halogens is 1. The van der Waals surface area contributed by atoms with Gasteiger partial charge in [0.25, 0.3) is 0 Å². The zero-order chi connectivity index (χ0) is 19.2. The van der Waals surface area contributed by atoms with E-state index < -0.39 is 17.8 Å². The smallest absolute Gasteiger partial charge is 0.307 e. The van der Waals surface area contributed by atoms with E-state index in [1.807, 2.05) is 30.4 Å². The van der Waals surface area contributed by atoms with Crippen molar-refractivity contribution in [2.45, 2.75) is 23.5 Å². The van der Waals surface area contributed by atoms with E-state index in [1.54, 1.807) is 24.3 Å². The van der Waals surface area contributed by atoms with E-state index >= 15 is 0 Å². The van der Waals surface area contributed by atoms with Crippen LogP contribution >= 0.6 is 11.8 Å². The molecule has 2 aromatic carbocycles. The molecule has 0 spiro atoms. The minimum absolute atomic E-state index is 0.219. The topological polar surface area (TPSA) is 66.4 Å². The van der Waals surface area contributed by atoms with E-state index in [-0.39, 0.29) is 11.7 Å². The highest BCUT2D eigenvalue weighted by Crippen LogP contribution is 2.28. The maximum atomic E-state index is 13.7. The van der Waals surface area contributed by atoms with Gasteiger partial charge in [0.1, 0.15) is 5.82 Å². The molecule has 2 unspecified atom stereocenters. The first kappa shape index (κ1) is 19.2. The third-order valence-electron chi connectivity index (χ3n) is 4.56. The number of carboxylic acids is 1. The number of anilines is 1. The van der Waals surface area contributed by atoms with Gasteiger partial charge in [-0.2, -0.15) is 0 Å². The van der Waals surface area contributed by atoms with Crippen LogP contribution in [0.15, 0.2) is 65.6 Å². The number of nitrogens with one attached hydrogen (secondary N) is 1. The Morgan fingerprint density at radius 2 is 1.70 bits per heavy atom. The van der Waals surface area contributed by atoms with Crippen LogP contribution in [0.1, 0.15) is 18.4 Å². The predicted octanol–water partition coefficient (Wildman–Crippen LogP) is 4.72. The molecule has 1 aliphatic rings. The van der Waals surface area contributed by atoms with Crippen LogP contribution in [-0.2, 0) is 15.3 Å². The Hall–Kier alpha value is -2.60. The summed E-state index contributed by atoms with van der Waals surface area (Å²) >= 11 is 1.51. The fourth-order valence-corrected chi connectivity index (χ4v) is 3.91. The summed E-state index contributed by atoms with van der Waals surface area (Å²) in [4.78, 5) is 24.8. The summed E-state index contributed by atoms with van der Waals surface area (Å²) < 4.78 is 13.7. The van der Waals surface area contributed by atoms with Crippen molar-refractivity contribution in [2.24, 2.45) is 11.8 Å². The van der Waals surface area contributed by atoms with Gasteiger partial charge in [-0.25, -0.2) is 4.39 Å². The van der Waals surface area contributed by atoms with Crippen molar-refractivity contribution in [1.82, 2.24) is 0 Å². The lowest BCUT2D eigenvalue weighted by Crippen LogP contribution is -2.34. The van der Waals surface area contributed by atoms with Gasteiger partial charge in [0.2, 0.25) is 5.91 Å². The Bertz CT molecular complexity index is 851. The lowest BCUT2D eigenvalue weighted by atomic mass is 9.82. The van der Waals surface area contributed by atoms with Gasteiger partial charge < -0.3 is 10.4 Å². The summed E-state index contributed by atoms with van der Waals surface area (Å²) in [6, 6.07) is 13.9. The van der Waals surface area contributed by atoms with Crippen LogP contribution in [0.25, 0.3) is 0 Å². The van der Waals surface area contributed by atoms with E-state index in [2.05, 4.69) is 5.32 Å². The van der Waals surface area contributed by atoms with Crippen LogP contribution < -0.4 is 5.32 Å². The van der Waals surface area contributed by atoms with Crippen LogP contribution in [0.3, 0.4) is 0 Å². The van der Waals surface area contributed by atoms with E-state index in [0.29, 0.717) is 29.8 Å². The molecule has 0 saturated carbocycles. The standard InChI is InChI=1S/C21H20FNO3S/c22-19-8-4-1-5-14(19)13-27-16-11-9-15(10-12-16)23-20(24)17-6-2-3-7-18(17)21(25)26/h1-5,8-12,17-18H,6-7,13H2,(H,23,24)(H,25,26). The molecule has 0 saturated heterocycles. The van der Waals surface area contributed by atoms with E-state index in [1.165, 1.54) is 17.8 Å². The van der Waals surface area contributed by atoms with Gasteiger partial charge in [-0.05, 0) is 48.7 Å². The molecular formula is C21H20FNO3S. The summed E-state index contributed by atoms with van der Waals surface area (Å²) in [5.74, 6) is -2.18. The number of aliphatic carboxylic acids is 1. The number of benzene rings is 2. The normalized spacial score (nSPS) is 18.9. The molecule has 1 amide bonds. The SMILES string of the molecule is O=C(O)C1CC=CCC1C(=O)Nc1ccc(SCc2ccccc2F)cc1. The second-order valence-electron chi connectivity index (χ2n) is 6.39. The number of carbonyl (C=O) groups excluding carboxylic acids is 1. The van der Waals surface area contributed by atoms with Crippen molar-refractivity contribution in [3.8, 4) is 0 Å². The number of thioether (sulfide) groups is 1. The third-order valence-corrected chi connectivity index (χ3v) is 5.62. The summed E-state index contributed by atoms with van der Waals surface area (Å²) in [7, 11) is 0. The third kappa shape index (κ3) is 4.98. The minimum atomic E-state index is -0.945. The second-order valence-corrected chi connectivity index (χ2v) is 7.44. The number of amides is 1. The summed E-state index contributed by atoms with van der Waals surface area (Å²) in [5, 5.41) is 12.1. The van der Waals surface area contributed by atoms with Gasteiger partial charge in [0.05, 0.1) is 11.8 Å². The first-order chi connectivity index (χ1) is 13.0. The molecular weight excluding hydrogens is 365 g/mol. The molecule has 0 aromatic heterocycles. The quantitative estimate of drug-likeness (QED) is 0.558. The van der Waals surface area contributed by atoms with Crippen LogP contribution in [0.5, 0.6) is 0 Å². The van der Waals surface area contributed by atoms with Gasteiger partial charge in [-0.3, -0.25) is 9.59 Å². The Balaban J connectivity index is 1.58. The molecule has 140 valence electrons. The monoisotopic (exact) mass is 385 g/mol. The highest BCUT2D eigenvalue weighted by atomic mass is 32.2. The maximum absolute atomic E-state index is 13.7. The van der Waals surface area contributed by atoms with Crippen molar-refractivity contribution < 1.29 is 19.1 Å². The zero-order valence-electron chi connectivity index (χ0n) is 14.6. The number of carbonyl (C=O) groups is 2. The number of hydrogen-bond acceptors (Lipinski definition) is 3. The number of hydrogen-bond donors (Lipinski definition) is 2. The molecule has 4 nitrogen and oxygen atoms in total. The van der Waals surface area contributed by atoms with Crippen LogP contribution in [0.2, 0.25) is 0 Å². The summed E-state index contributed by atoms with van der Waals surface area (Å²) in [6.07, 6.45) is 4.47. The van der Waals surface area contributed by atoms with Crippen molar-refractivity contribution >= 4 is 29.3 Å². The highest BCUT2D eigenvalue weighted by molar-refractivity contribution is 7.98. The molecule has 2 N–H and O–H groups in total. The first-order valence-corrected chi connectivity index (χ1v) is 9.68. The summed E-state index contributed by atoms with van der Waals surface area (Å²) in [6.45, 7) is 0. The summed E-state index contributed by atoms with van der Waals surface area (Å²) in [5.41, 5.74) is 1.26. The fourth-order valence-electron chi connectivity index (χ4n) is 3.02. The van der Waals surface area contributed by atoms with E-state index in [9.17, 15) is 19.1 Å². The molecule has 2 atom stereocenters. The first-order valence-electron chi connectivity index (χ1n) is 8.69. The molecule has 0 aliphatic heterocycles. The van der Waals surface area contributed by atoms with Gasteiger partial charge >= 0.3 is 5.97 Å². The van der Waals surface area contributed by atoms with Crippen molar-refractivity contribution in [3.63, 3.8) is 0 Å². The molecule has 2 aromatic rings. The van der Waals surface area contributed by atoms with Crippen LogP contribution in [0, 0.1) is 17.7 Å². The Morgan fingerprint density at radius 1 is 1.04 bits per heavy atom. The van der Waals surface area contributed by atoms with E-state index in [4.69, 9.17) is 0 Å². The number of allylic oxidation sites excluding steroid dienone is 2. The van der Waals surface area contributed by atoms with Crippen LogP contribution in [-0.4, -0.2) is 17.0 Å². The molecule has 3 rings (SSSR count). The average molecular weight is 385 g/mol. The van der Waals surface area contributed by atoms with E-state index in [0.717, 1.165) is 4.90 Å². The van der Waals surface area contributed by atoms with Crippen molar-refractivity contribution in [3.05, 3.63) is 72.1 Å². The molecule has 0 bridgehead atoms. The second kappa shape index (κ2) is 8.86. The molecule has 0 radical (unpaired) electrons. The highest BCUT2D eigenvalue weighted by Gasteiger charge is 2.33. The predicted molar refractivity (Wildman–Crippen MR) is 104 cm³/mol. The molecule has 6 heteroatoms.